The highest BCUT2D eigenvalue weighted by molar-refractivity contribution is 6.30. The largest absolute Gasteiger partial charge is 0.325 e. The third kappa shape index (κ3) is 5.09. The molecular formula is C21H25ClN4O2. The SMILES string of the molecule is CC(C)c1ccc(NC(=O)C2CCNCC2)c(C(=O)Nc2ccc(Cl)cn2)c1. The lowest BCUT2D eigenvalue weighted by Gasteiger charge is -2.22. The zero-order chi connectivity index (χ0) is 20.1. The summed E-state index contributed by atoms with van der Waals surface area (Å²) in [5, 5.41) is 9.48. The number of anilines is 2. The van der Waals surface area contributed by atoms with E-state index < -0.39 is 0 Å². The molecule has 0 spiro atoms. The molecule has 2 aromatic rings. The van der Waals surface area contributed by atoms with Crippen LogP contribution in [-0.2, 0) is 4.79 Å². The van der Waals surface area contributed by atoms with Gasteiger partial charge in [-0.15, -0.1) is 0 Å². The second-order valence-electron chi connectivity index (χ2n) is 7.29. The highest BCUT2D eigenvalue weighted by atomic mass is 35.5. The molecule has 1 aliphatic rings. The lowest BCUT2D eigenvalue weighted by molar-refractivity contribution is -0.120. The van der Waals surface area contributed by atoms with Crippen LogP contribution in [-0.4, -0.2) is 29.9 Å². The fourth-order valence-corrected chi connectivity index (χ4v) is 3.28. The van der Waals surface area contributed by atoms with Crippen molar-refractivity contribution in [2.24, 2.45) is 5.92 Å². The number of carbonyl (C=O) groups excluding carboxylic acids is 2. The zero-order valence-electron chi connectivity index (χ0n) is 16.1. The smallest absolute Gasteiger partial charge is 0.258 e. The van der Waals surface area contributed by atoms with E-state index in [1.165, 1.54) is 6.20 Å². The third-order valence-electron chi connectivity index (χ3n) is 4.89. The van der Waals surface area contributed by atoms with Gasteiger partial charge in [-0.3, -0.25) is 9.59 Å². The predicted octanol–water partition coefficient (Wildman–Crippen LogP) is 4.05. The van der Waals surface area contributed by atoms with Gasteiger partial charge in [0.05, 0.1) is 16.3 Å². The second kappa shape index (κ2) is 9.17. The molecule has 0 atom stereocenters. The number of benzene rings is 1. The summed E-state index contributed by atoms with van der Waals surface area (Å²) >= 11 is 5.85. The zero-order valence-corrected chi connectivity index (χ0v) is 16.8. The molecule has 7 heteroatoms. The molecule has 0 bridgehead atoms. The number of aromatic nitrogens is 1. The van der Waals surface area contributed by atoms with E-state index in [9.17, 15) is 9.59 Å². The van der Waals surface area contributed by atoms with Gasteiger partial charge in [0, 0.05) is 12.1 Å². The first kappa shape index (κ1) is 20.3. The van der Waals surface area contributed by atoms with Gasteiger partial charge in [-0.05, 0) is 61.7 Å². The van der Waals surface area contributed by atoms with E-state index in [4.69, 9.17) is 11.6 Å². The van der Waals surface area contributed by atoms with E-state index in [-0.39, 0.29) is 23.7 Å². The van der Waals surface area contributed by atoms with Crippen molar-refractivity contribution in [3.05, 3.63) is 52.7 Å². The quantitative estimate of drug-likeness (QED) is 0.707. The molecule has 0 radical (unpaired) electrons. The predicted molar refractivity (Wildman–Crippen MR) is 112 cm³/mol. The molecule has 1 saturated heterocycles. The number of piperidine rings is 1. The summed E-state index contributed by atoms with van der Waals surface area (Å²) in [4.78, 5) is 29.7. The number of pyridine rings is 1. The van der Waals surface area contributed by atoms with E-state index >= 15 is 0 Å². The Bertz CT molecular complexity index is 846. The summed E-state index contributed by atoms with van der Waals surface area (Å²) in [7, 11) is 0. The number of amides is 2. The van der Waals surface area contributed by atoms with Gasteiger partial charge in [0.2, 0.25) is 5.91 Å². The van der Waals surface area contributed by atoms with Crippen LogP contribution >= 0.6 is 11.6 Å². The minimum Gasteiger partial charge on any atom is -0.325 e. The molecule has 3 N–H and O–H groups in total. The van der Waals surface area contributed by atoms with E-state index in [2.05, 4.69) is 34.8 Å². The fraction of sp³-hybridized carbons (Fsp3) is 0.381. The van der Waals surface area contributed by atoms with Crippen molar-refractivity contribution in [2.45, 2.75) is 32.6 Å². The maximum atomic E-state index is 12.9. The van der Waals surface area contributed by atoms with Gasteiger partial charge in [0.25, 0.3) is 5.91 Å². The number of nitrogens with one attached hydrogen (secondary N) is 3. The summed E-state index contributed by atoms with van der Waals surface area (Å²) in [5.41, 5.74) is 1.96. The lowest BCUT2D eigenvalue weighted by Crippen LogP contribution is -2.35. The summed E-state index contributed by atoms with van der Waals surface area (Å²) < 4.78 is 0. The average Bonchev–Trinajstić information content (AvgIpc) is 2.70. The monoisotopic (exact) mass is 400 g/mol. The lowest BCUT2D eigenvalue weighted by atomic mass is 9.96. The molecule has 1 fully saturated rings. The molecule has 2 heterocycles. The van der Waals surface area contributed by atoms with Gasteiger partial charge in [-0.2, -0.15) is 0 Å². The first-order chi connectivity index (χ1) is 13.4. The topological polar surface area (TPSA) is 83.1 Å². The maximum Gasteiger partial charge on any atom is 0.258 e. The van der Waals surface area contributed by atoms with Crippen LogP contribution in [0.2, 0.25) is 5.02 Å². The first-order valence-corrected chi connectivity index (χ1v) is 9.90. The molecule has 0 aliphatic carbocycles. The number of carbonyl (C=O) groups is 2. The summed E-state index contributed by atoms with van der Waals surface area (Å²) in [6, 6.07) is 8.88. The fourth-order valence-electron chi connectivity index (χ4n) is 3.17. The van der Waals surface area contributed by atoms with Crippen LogP contribution in [0.25, 0.3) is 0 Å². The van der Waals surface area contributed by atoms with Crippen LogP contribution in [0.15, 0.2) is 36.5 Å². The Labute approximate surface area is 170 Å². The van der Waals surface area contributed by atoms with E-state index in [1.807, 2.05) is 12.1 Å². The summed E-state index contributed by atoms with van der Waals surface area (Å²) in [5.74, 6) is 0.254. The summed E-state index contributed by atoms with van der Waals surface area (Å²) in [6.45, 7) is 5.79. The molecule has 1 aliphatic heterocycles. The second-order valence-corrected chi connectivity index (χ2v) is 7.73. The van der Waals surface area contributed by atoms with Crippen LogP contribution in [0.3, 0.4) is 0 Å². The van der Waals surface area contributed by atoms with Crippen molar-refractivity contribution in [1.29, 1.82) is 0 Å². The van der Waals surface area contributed by atoms with Crippen LogP contribution in [0, 0.1) is 5.92 Å². The van der Waals surface area contributed by atoms with Crippen molar-refractivity contribution in [3.63, 3.8) is 0 Å². The van der Waals surface area contributed by atoms with Gasteiger partial charge in [-0.25, -0.2) is 4.98 Å². The first-order valence-electron chi connectivity index (χ1n) is 9.52. The highest BCUT2D eigenvalue weighted by Crippen LogP contribution is 2.25. The van der Waals surface area contributed by atoms with Gasteiger partial charge in [-0.1, -0.05) is 31.5 Å². The van der Waals surface area contributed by atoms with Crippen LogP contribution < -0.4 is 16.0 Å². The number of nitrogens with zero attached hydrogens (tertiary/aromatic N) is 1. The Kier molecular flexibility index (Phi) is 6.65. The minimum absolute atomic E-state index is 0.0418. The molecular weight excluding hydrogens is 376 g/mol. The Morgan fingerprint density at radius 3 is 2.54 bits per heavy atom. The van der Waals surface area contributed by atoms with Gasteiger partial charge in [0.15, 0.2) is 0 Å². The molecule has 148 valence electrons. The Hall–Kier alpha value is -2.44. The van der Waals surface area contributed by atoms with Gasteiger partial charge < -0.3 is 16.0 Å². The number of halogens is 1. The van der Waals surface area contributed by atoms with Crippen LogP contribution in [0.4, 0.5) is 11.5 Å². The molecule has 2 amide bonds. The van der Waals surface area contributed by atoms with Crippen molar-refractivity contribution < 1.29 is 9.59 Å². The molecule has 1 aromatic carbocycles. The van der Waals surface area contributed by atoms with Gasteiger partial charge in [0.1, 0.15) is 5.82 Å². The molecule has 0 saturated carbocycles. The van der Waals surface area contributed by atoms with E-state index in [0.717, 1.165) is 31.5 Å². The molecule has 3 rings (SSSR count). The normalized spacial score (nSPS) is 14.7. The molecule has 1 aromatic heterocycles. The van der Waals surface area contributed by atoms with Crippen LogP contribution in [0.5, 0.6) is 0 Å². The number of hydrogen-bond acceptors (Lipinski definition) is 4. The minimum atomic E-state index is -0.321. The standard InChI is InChI=1S/C21H25ClN4O2/c1-13(2)15-3-5-18(25-20(27)14-7-9-23-10-8-14)17(11-15)21(28)26-19-6-4-16(22)12-24-19/h3-6,11-14,23H,7-10H2,1-2H3,(H,25,27)(H,24,26,28). The van der Waals surface area contributed by atoms with Crippen molar-refractivity contribution in [3.8, 4) is 0 Å². The van der Waals surface area contributed by atoms with Crippen LogP contribution in [0.1, 0.15) is 48.5 Å². The Morgan fingerprint density at radius 2 is 1.89 bits per heavy atom. The van der Waals surface area contributed by atoms with Crippen molar-refractivity contribution in [2.75, 3.05) is 23.7 Å². The van der Waals surface area contributed by atoms with Crippen molar-refractivity contribution in [1.82, 2.24) is 10.3 Å². The average molecular weight is 401 g/mol. The Balaban J connectivity index is 1.83. The maximum absolute atomic E-state index is 12.9. The Morgan fingerprint density at radius 1 is 1.14 bits per heavy atom. The van der Waals surface area contributed by atoms with Crippen molar-refractivity contribution >= 4 is 34.9 Å². The molecule has 6 nitrogen and oxygen atoms in total. The number of rotatable bonds is 5. The van der Waals surface area contributed by atoms with Gasteiger partial charge >= 0.3 is 0 Å². The molecule has 0 unspecified atom stereocenters. The van der Waals surface area contributed by atoms with E-state index in [1.54, 1.807) is 18.2 Å². The molecule has 28 heavy (non-hydrogen) atoms. The number of hydrogen-bond donors (Lipinski definition) is 3. The highest BCUT2D eigenvalue weighted by Gasteiger charge is 2.23. The van der Waals surface area contributed by atoms with E-state index in [0.29, 0.717) is 22.1 Å². The third-order valence-corrected chi connectivity index (χ3v) is 5.12. The summed E-state index contributed by atoms with van der Waals surface area (Å²) in [6.07, 6.45) is 3.07.